The van der Waals surface area contributed by atoms with Gasteiger partial charge in [0.05, 0.1) is 17.3 Å². The lowest BCUT2D eigenvalue weighted by Gasteiger charge is -2.07. The highest BCUT2D eigenvalue weighted by atomic mass is 16.6. The van der Waals surface area contributed by atoms with Crippen molar-refractivity contribution in [3.63, 3.8) is 0 Å². The number of aromatic nitrogens is 2. The minimum absolute atomic E-state index is 0.00319. The van der Waals surface area contributed by atoms with Gasteiger partial charge in [0.25, 0.3) is 5.69 Å². The van der Waals surface area contributed by atoms with E-state index < -0.39 is 4.92 Å². The predicted octanol–water partition coefficient (Wildman–Crippen LogP) is 6.28. The Morgan fingerprint density at radius 3 is 2.29 bits per heavy atom. The number of nitrogens with zero attached hydrogens (tertiary/aromatic N) is 3. The van der Waals surface area contributed by atoms with Crippen molar-refractivity contribution >= 4 is 11.4 Å². The zero-order valence-corrected chi connectivity index (χ0v) is 19.2. The summed E-state index contributed by atoms with van der Waals surface area (Å²) in [5.41, 5.74) is 10.2. The molecule has 2 N–H and O–H groups in total. The van der Waals surface area contributed by atoms with Gasteiger partial charge in [-0.25, -0.2) is 9.97 Å². The summed E-state index contributed by atoms with van der Waals surface area (Å²) in [6.45, 7) is 4.12. The fraction of sp³-hybridized carbons (Fsp3) is 0.231. The molecule has 4 rings (SSSR count). The number of nitrogen functional groups attached to an aromatic ring is 1. The average molecular weight is 459 g/mol. The third kappa shape index (κ3) is 6.33. The van der Waals surface area contributed by atoms with Gasteiger partial charge < -0.3 is 14.6 Å². The molecule has 8 heteroatoms. The highest BCUT2D eigenvalue weighted by Crippen LogP contribution is 2.28. The number of hydrogen-bond donors (Lipinski definition) is 1. The Labute approximate surface area is 198 Å². The summed E-state index contributed by atoms with van der Waals surface area (Å²) in [6.07, 6.45) is 10.1. The number of benzene rings is 2. The fourth-order valence-electron chi connectivity index (χ4n) is 3.25. The molecule has 2 heterocycles. The molecule has 4 aromatic rings. The molecule has 0 aliphatic rings. The normalized spacial score (nSPS) is 10.1. The van der Waals surface area contributed by atoms with Gasteiger partial charge in [0.1, 0.15) is 0 Å². The number of oxazole rings is 2. The molecule has 0 spiro atoms. The Kier molecular flexibility index (Phi) is 8.58. The van der Waals surface area contributed by atoms with Gasteiger partial charge in [-0.3, -0.25) is 10.1 Å². The van der Waals surface area contributed by atoms with Gasteiger partial charge in [0.15, 0.2) is 24.3 Å². The summed E-state index contributed by atoms with van der Waals surface area (Å²) in [4.78, 5) is 18.1. The molecule has 0 aliphatic heterocycles. The van der Waals surface area contributed by atoms with Crippen LogP contribution in [0, 0.1) is 22.0 Å². The van der Waals surface area contributed by atoms with Gasteiger partial charge in [-0.2, -0.15) is 0 Å². The molecule has 2 aromatic carbocycles. The number of aryl methyl sites for hydroxylation is 1. The van der Waals surface area contributed by atoms with E-state index in [2.05, 4.69) is 34.8 Å². The molecule has 0 aliphatic carbocycles. The quantitative estimate of drug-likeness (QED) is 0.156. The molecule has 174 valence electrons. The molecule has 0 atom stereocenters. The van der Waals surface area contributed by atoms with E-state index in [0.717, 1.165) is 23.4 Å². The summed E-state index contributed by atoms with van der Waals surface area (Å²) >= 11 is 0. The Bertz CT molecular complexity index is 1270. The number of unbranched alkanes of at least 4 members (excludes halogenated alkanes) is 1. The smallest absolute Gasteiger partial charge is 0.270 e. The maximum atomic E-state index is 10.8. The topological polar surface area (TPSA) is 121 Å². The van der Waals surface area contributed by atoms with Crippen LogP contribution in [-0.2, 0) is 6.42 Å². The molecule has 0 amide bonds. The van der Waals surface area contributed by atoms with E-state index in [1.165, 1.54) is 49.5 Å². The highest BCUT2D eigenvalue weighted by Gasteiger charge is 2.13. The van der Waals surface area contributed by atoms with Crippen molar-refractivity contribution in [2.24, 2.45) is 0 Å². The second kappa shape index (κ2) is 12.0. The van der Waals surface area contributed by atoms with Crippen LogP contribution in [-0.4, -0.2) is 14.9 Å². The average Bonchev–Trinajstić information content (AvgIpc) is 3.57. The third-order valence-corrected chi connectivity index (χ3v) is 4.94. The molecular weight excluding hydrogens is 432 g/mol. The standard InChI is InChI=1S/C13H10N2O3.C13H16N2O/c1-2-3-4-10-5-6-11(15(16)17)7-12(10)13-8-14-9-18-13;1-2-3-4-10-5-6-11(14)7-12(10)13-8-15-9-16-13/h5-9H,2H2,1H3;5-9H,2-4,14H2,1H3. The number of anilines is 1. The van der Waals surface area contributed by atoms with E-state index in [1.54, 1.807) is 12.3 Å². The molecule has 0 radical (unpaired) electrons. The fourth-order valence-corrected chi connectivity index (χ4v) is 3.25. The Hall–Kier alpha value is -4.38. The number of rotatable bonds is 6. The first kappa shape index (κ1) is 24.3. The van der Waals surface area contributed by atoms with Crippen LogP contribution in [0.1, 0.15) is 44.2 Å². The SMILES string of the molecule is CCC#Cc1ccc([N+](=O)[O-])cc1-c1cnco1.CCCCc1ccc(N)cc1-c1cnco1. The van der Waals surface area contributed by atoms with Crippen molar-refractivity contribution in [1.82, 2.24) is 9.97 Å². The highest BCUT2D eigenvalue weighted by molar-refractivity contribution is 5.69. The van der Waals surface area contributed by atoms with E-state index in [4.69, 9.17) is 14.6 Å². The van der Waals surface area contributed by atoms with Crippen LogP contribution in [0.4, 0.5) is 11.4 Å². The van der Waals surface area contributed by atoms with Crippen LogP contribution in [0.25, 0.3) is 22.6 Å². The van der Waals surface area contributed by atoms with Crippen LogP contribution >= 0.6 is 0 Å². The minimum Gasteiger partial charge on any atom is -0.444 e. The van der Waals surface area contributed by atoms with E-state index >= 15 is 0 Å². The van der Waals surface area contributed by atoms with E-state index in [-0.39, 0.29) is 5.69 Å². The number of hydrogen-bond acceptors (Lipinski definition) is 7. The van der Waals surface area contributed by atoms with Crippen LogP contribution in [0.2, 0.25) is 0 Å². The first-order valence-electron chi connectivity index (χ1n) is 11.0. The van der Waals surface area contributed by atoms with Crippen molar-refractivity contribution in [3.8, 4) is 34.5 Å². The second-order valence-electron chi connectivity index (χ2n) is 7.39. The van der Waals surface area contributed by atoms with Crippen LogP contribution in [0.3, 0.4) is 0 Å². The largest absolute Gasteiger partial charge is 0.444 e. The lowest BCUT2D eigenvalue weighted by atomic mass is 10.00. The molecule has 0 saturated heterocycles. The monoisotopic (exact) mass is 458 g/mol. The second-order valence-corrected chi connectivity index (χ2v) is 7.39. The summed E-state index contributed by atoms with van der Waals surface area (Å²) in [7, 11) is 0. The predicted molar refractivity (Wildman–Crippen MR) is 131 cm³/mol. The van der Waals surface area contributed by atoms with Crippen LogP contribution < -0.4 is 5.73 Å². The van der Waals surface area contributed by atoms with Gasteiger partial charge in [-0.1, -0.05) is 38.2 Å². The number of nitrogens with two attached hydrogens (primary N) is 1. The van der Waals surface area contributed by atoms with Gasteiger partial charge in [-0.15, -0.1) is 0 Å². The van der Waals surface area contributed by atoms with Crippen molar-refractivity contribution in [2.75, 3.05) is 5.73 Å². The van der Waals surface area contributed by atoms with Crippen molar-refractivity contribution in [1.29, 1.82) is 0 Å². The van der Waals surface area contributed by atoms with Gasteiger partial charge >= 0.3 is 0 Å². The van der Waals surface area contributed by atoms with E-state index in [0.29, 0.717) is 23.3 Å². The van der Waals surface area contributed by atoms with Gasteiger partial charge in [0.2, 0.25) is 0 Å². The molecule has 34 heavy (non-hydrogen) atoms. The summed E-state index contributed by atoms with van der Waals surface area (Å²) < 4.78 is 10.5. The zero-order valence-electron chi connectivity index (χ0n) is 19.2. The maximum absolute atomic E-state index is 10.8. The Morgan fingerprint density at radius 1 is 1.00 bits per heavy atom. The van der Waals surface area contributed by atoms with E-state index in [1.807, 2.05) is 19.1 Å². The zero-order chi connectivity index (χ0) is 24.3. The number of nitro benzene ring substituents is 1. The molecule has 0 fully saturated rings. The molecular formula is C26H26N4O4. The summed E-state index contributed by atoms with van der Waals surface area (Å²) in [6, 6.07) is 10.5. The van der Waals surface area contributed by atoms with Crippen LogP contribution in [0.15, 0.2) is 70.4 Å². The van der Waals surface area contributed by atoms with Crippen molar-refractivity contribution in [3.05, 3.63) is 82.8 Å². The molecule has 2 aromatic heterocycles. The Morgan fingerprint density at radius 2 is 1.71 bits per heavy atom. The van der Waals surface area contributed by atoms with E-state index in [9.17, 15) is 10.1 Å². The lowest BCUT2D eigenvalue weighted by molar-refractivity contribution is -0.384. The maximum Gasteiger partial charge on any atom is 0.270 e. The molecule has 0 saturated carbocycles. The molecule has 0 unspecified atom stereocenters. The van der Waals surface area contributed by atoms with Gasteiger partial charge in [-0.05, 0) is 36.6 Å². The minimum atomic E-state index is -0.448. The first-order valence-corrected chi connectivity index (χ1v) is 11.0. The number of non-ortho nitro benzene ring substituents is 1. The molecule has 8 nitrogen and oxygen atoms in total. The van der Waals surface area contributed by atoms with Gasteiger partial charge in [0, 0.05) is 40.9 Å². The third-order valence-electron chi connectivity index (χ3n) is 4.94. The first-order chi connectivity index (χ1) is 16.5. The molecule has 0 bridgehead atoms. The van der Waals surface area contributed by atoms with Crippen molar-refractivity contribution in [2.45, 2.75) is 39.5 Å². The van der Waals surface area contributed by atoms with Crippen molar-refractivity contribution < 1.29 is 13.8 Å². The number of nitro groups is 1. The summed E-state index contributed by atoms with van der Waals surface area (Å²) in [5.74, 6) is 7.15. The Balaban J connectivity index is 0.000000192. The lowest BCUT2D eigenvalue weighted by Crippen LogP contribution is -1.92. The van der Waals surface area contributed by atoms with Crippen LogP contribution in [0.5, 0.6) is 0 Å². The summed E-state index contributed by atoms with van der Waals surface area (Å²) in [5, 5.41) is 10.8.